The van der Waals surface area contributed by atoms with Crippen molar-refractivity contribution in [3.05, 3.63) is 29.8 Å². The number of fused-ring (bicyclic) bond motifs is 1. The van der Waals surface area contributed by atoms with Crippen LogP contribution in [0.3, 0.4) is 0 Å². The number of likely N-dealkylation sites (tertiary alicyclic amines) is 1. The molecule has 5 heteroatoms. The second kappa shape index (κ2) is 6.71. The molecule has 2 heterocycles. The van der Waals surface area contributed by atoms with Crippen LogP contribution >= 0.6 is 0 Å². The fourth-order valence-corrected chi connectivity index (χ4v) is 3.64. The van der Waals surface area contributed by atoms with Gasteiger partial charge in [0, 0.05) is 57.8 Å². The van der Waals surface area contributed by atoms with Crippen molar-refractivity contribution in [3.8, 4) is 0 Å². The molecule has 2 aliphatic rings. The molecule has 0 aliphatic carbocycles. The predicted molar refractivity (Wildman–Crippen MR) is 90.2 cm³/mol. The predicted octanol–water partition coefficient (Wildman–Crippen LogP) is 1.87. The molecular formula is C18H25N3O2. The monoisotopic (exact) mass is 315 g/mol. The van der Waals surface area contributed by atoms with Crippen molar-refractivity contribution in [1.82, 2.24) is 9.80 Å². The Morgan fingerprint density at radius 2 is 1.78 bits per heavy atom. The third kappa shape index (κ3) is 3.24. The molecule has 124 valence electrons. The van der Waals surface area contributed by atoms with Gasteiger partial charge in [-0.05, 0) is 18.1 Å². The number of hydrogen-bond donors (Lipinski definition) is 0. The van der Waals surface area contributed by atoms with Gasteiger partial charge in [-0.2, -0.15) is 0 Å². The smallest absolute Gasteiger partial charge is 0.229 e. The van der Waals surface area contributed by atoms with Gasteiger partial charge in [-0.3, -0.25) is 19.4 Å². The summed E-state index contributed by atoms with van der Waals surface area (Å²) in [5, 5.41) is 0. The van der Waals surface area contributed by atoms with Crippen LogP contribution in [0.5, 0.6) is 0 Å². The fraction of sp³-hybridized carbons (Fsp3) is 0.556. The molecule has 3 rings (SSSR count). The number of nitrogens with zero attached hydrogens (tertiary/aromatic N) is 3. The number of imide groups is 1. The largest absolute Gasteiger partial charge is 0.373 e. The van der Waals surface area contributed by atoms with E-state index in [0.29, 0.717) is 25.4 Å². The van der Waals surface area contributed by atoms with Crippen LogP contribution in [0.15, 0.2) is 24.3 Å². The van der Waals surface area contributed by atoms with Crippen LogP contribution in [-0.4, -0.2) is 54.3 Å². The third-order valence-electron chi connectivity index (χ3n) is 5.01. The SMILES string of the molecule is CC[C@H]1CN(C)c2ccccc2CN1CCN1C(=O)CCC1=O. The van der Waals surface area contributed by atoms with Gasteiger partial charge in [0.2, 0.25) is 11.8 Å². The molecule has 1 atom stereocenters. The first-order chi connectivity index (χ1) is 11.1. The summed E-state index contributed by atoms with van der Waals surface area (Å²) in [6.07, 6.45) is 1.81. The summed E-state index contributed by atoms with van der Waals surface area (Å²) >= 11 is 0. The first kappa shape index (κ1) is 16.0. The zero-order valence-electron chi connectivity index (χ0n) is 14.0. The van der Waals surface area contributed by atoms with Crippen LogP contribution in [0.4, 0.5) is 5.69 Å². The van der Waals surface area contributed by atoms with Crippen LogP contribution in [0, 0.1) is 0 Å². The zero-order chi connectivity index (χ0) is 16.4. The second-order valence-electron chi connectivity index (χ2n) is 6.48. The van der Waals surface area contributed by atoms with Gasteiger partial charge in [0.1, 0.15) is 0 Å². The van der Waals surface area contributed by atoms with E-state index >= 15 is 0 Å². The summed E-state index contributed by atoms with van der Waals surface area (Å²) < 4.78 is 0. The summed E-state index contributed by atoms with van der Waals surface area (Å²) in [5.41, 5.74) is 2.59. The van der Waals surface area contributed by atoms with Crippen LogP contribution in [-0.2, 0) is 16.1 Å². The molecular weight excluding hydrogens is 290 g/mol. The van der Waals surface area contributed by atoms with Crippen molar-refractivity contribution >= 4 is 17.5 Å². The molecule has 0 radical (unpaired) electrons. The van der Waals surface area contributed by atoms with E-state index in [4.69, 9.17) is 0 Å². The molecule has 0 saturated carbocycles. The van der Waals surface area contributed by atoms with Gasteiger partial charge in [-0.15, -0.1) is 0 Å². The minimum Gasteiger partial charge on any atom is -0.373 e. The molecule has 1 aromatic carbocycles. The van der Waals surface area contributed by atoms with Gasteiger partial charge in [0.15, 0.2) is 0 Å². The van der Waals surface area contributed by atoms with Crippen LogP contribution < -0.4 is 4.90 Å². The molecule has 0 unspecified atom stereocenters. The van der Waals surface area contributed by atoms with Crippen LogP contribution in [0.2, 0.25) is 0 Å². The minimum absolute atomic E-state index is 0.0182. The summed E-state index contributed by atoms with van der Waals surface area (Å²) in [6, 6.07) is 8.92. The fourth-order valence-electron chi connectivity index (χ4n) is 3.64. The molecule has 1 aromatic rings. The van der Waals surface area contributed by atoms with E-state index in [2.05, 4.69) is 48.0 Å². The zero-order valence-corrected chi connectivity index (χ0v) is 14.0. The van der Waals surface area contributed by atoms with Gasteiger partial charge >= 0.3 is 0 Å². The molecule has 1 fully saturated rings. The van der Waals surface area contributed by atoms with Crippen molar-refractivity contribution in [3.63, 3.8) is 0 Å². The molecule has 2 aliphatic heterocycles. The highest BCUT2D eigenvalue weighted by Crippen LogP contribution is 2.27. The number of carbonyl (C=O) groups is 2. The lowest BCUT2D eigenvalue weighted by molar-refractivity contribution is -0.138. The highest BCUT2D eigenvalue weighted by molar-refractivity contribution is 6.01. The summed E-state index contributed by atoms with van der Waals surface area (Å²) in [6.45, 7) is 5.30. The van der Waals surface area contributed by atoms with E-state index < -0.39 is 0 Å². The second-order valence-corrected chi connectivity index (χ2v) is 6.48. The maximum atomic E-state index is 11.8. The lowest BCUT2D eigenvalue weighted by Crippen LogP contribution is -2.44. The number of para-hydroxylation sites is 1. The van der Waals surface area contributed by atoms with Gasteiger partial charge in [0.25, 0.3) is 0 Å². The summed E-state index contributed by atoms with van der Waals surface area (Å²) in [5.74, 6) is -0.0363. The molecule has 0 bridgehead atoms. The standard InChI is InChI=1S/C18H25N3O2/c1-3-15-13-19(2)16-7-5-4-6-14(16)12-20(15)10-11-21-17(22)8-9-18(21)23/h4-7,15H,3,8-13H2,1-2H3/t15-/m0/s1. The molecule has 0 spiro atoms. The molecule has 23 heavy (non-hydrogen) atoms. The molecule has 5 nitrogen and oxygen atoms in total. The van der Waals surface area contributed by atoms with E-state index in [-0.39, 0.29) is 11.8 Å². The third-order valence-corrected chi connectivity index (χ3v) is 5.01. The Morgan fingerprint density at radius 3 is 2.48 bits per heavy atom. The maximum absolute atomic E-state index is 11.8. The number of carbonyl (C=O) groups excluding carboxylic acids is 2. The van der Waals surface area contributed by atoms with E-state index in [1.807, 2.05) is 0 Å². The van der Waals surface area contributed by atoms with Crippen molar-refractivity contribution in [1.29, 1.82) is 0 Å². The topological polar surface area (TPSA) is 43.9 Å². The van der Waals surface area contributed by atoms with Crippen molar-refractivity contribution < 1.29 is 9.59 Å². The number of amides is 2. The Bertz CT molecular complexity index is 586. The Balaban J connectivity index is 1.74. The van der Waals surface area contributed by atoms with Crippen molar-refractivity contribution in [2.45, 2.75) is 38.8 Å². The average Bonchev–Trinajstić information content (AvgIpc) is 2.80. The highest BCUT2D eigenvalue weighted by Gasteiger charge is 2.30. The number of hydrogen-bond acceptors (Lipinski definition) is 4. The maximum Gasteiger partial charge on any atom is 0.229 e. The van der Waals surface area contributed by atoms with E-state index in [0.717, 1.165) is 26.1 Å². The number of anilines is 1. The van der Waals surface area contributed by atoms with Gasteiger partial charge in [0.05, 0.1) is 0 Å². The van der Waals surface area contributed by atoms with E-state index in [1.165, 1.54) is 16.2 Å². The van der Waals surface area contributed by atoms with Crippen molar-refractivity contribution in [2.24, 2.45) is 0 Å². The Kier molecular flexibility index (Phi) is 4.66. The van der Waals surface area contributed by atoms with Gasteiger partial charge < -0.3 is 4.90 Å². The molecule has 0 aromatic heterocycles. The van der Waals surface area contributed by atoms with Crippen LogP contribution in [0.1, 0.15) is 31.7 Å². The normalized spacial score (nSPS) is 22.4. The lowest BCUT2D eigenvalue weighted by atomic mass is 10.1. The average molecular weight is 315 g/mol. The number of likely N-dealkylation sites (N-methyl/N-ethyl adjacent to an activating group) is 1. The van der Waals surface area contributed by atoms with Crippen molar-refractivity contribution in [2.75, 3.05) is 31.6 Å². The minimum atomic E-state index is -0.0182. The number of benzene rings is 1. The Hall–Kier alpha value is -1.88. The molecule has 2 amide bonds. The van der Waals surface area contributed by atoms with Gasteiger partial charge in [-0.25, -0.2) is 0 Å². The molecule has 1 saturated heterocycles. The number of rotatable bonds is 4. The highest BCUT2D eigenvalue weighted by atomic mass is 16.2. The van der Waals surface area contributed by atoms with E-state index in [9.17, 15) is 9.59 Å². The lowest BCUT2D eigenvalue weighted by Gasteiger charge is -2.31. The van der Waals surface area contributed by atoms with Gasteiger partial charge in [-0.1, -0.05) is 25.1 Å². The summed E-state index contributed by atoms with van der Waals surface area (Å²) in [4.78, 5) is 29.8. The molecule has 0 N–H and O–H groups in total. The Morgan fingerprint density at radius 1 is 1.09 bits per heavy atom. The first-order valence-corrected chi connectivity index (χ1v) is 8.46. The van der Waals surface area contributed by atoms with Crippen LogP contribution in [0.25, 0.3) is 0 Å². The summed E-state index contributed by atoms with van der Waals surface area (Å²) in [7, 11) is 2.14. The van der Waals surface area contributed by atoms with E-state index in [1.54, 1.807) is 0 Å². The quantitative estimate of drug-likeness (QED) is 0.796. The Labute approximate surface area is 137 Å². The first-order valence-electron chi connectivity index (χ1n) is 8.46.